The summed E-state index contributed by atoms with van der Waals surface area (Å²) >= 11 is 0. The Morgan fingerprint density at radius 2 is 2.10 bits per heavy atom. The second kappa shape index (κ2) is 5.97. The number of amides is 2. The summed E-state index contributed by atoms with van der Waals surface area (Å²) in [5.74, 6) is 0. The molecule has 2 unspecified atom stereocenters. The molecule has 0 spiro atoms. The number of hydrazone groups is 1. The van der Waals surface area contributed by atoms with E-state index in [1.165, 1.54) is 18.3 Å². The molecule has 0 bridgehead atoms. The molecule has 106 valence electrons. The van der Waals surface area contributed by atoms with Gasteiger partial charge in [-0.3, -0.25) is 21.0 Å². The molecule has 0 radical (unpaired) electrons. The maximum atomic E-state index is 11.1. The zero-order chi connectivity index (χ0) is 14.5. The molecule has 1 aromatic carbocycles. The van der Waals surface area contributed by atoms with Gasteiger partial charge >= 0.3 is 6.03 Å². The number of hydrogen-bond donors (Lipinski definition) is 4. The summed E-state index contributed by atoms with van der Waals surface area (Å²) in [6, 6.07) is 5.58. The summed E-state index contributed by atoms with van der Waals surface area (Å²) in [5.41, 5.74) is 8.74. The highest BCUT2D eigenvalue weighted by molar-refractivity contribution is 5.79. The van der Waals surface area contributed by atoms with Crippen LogP contribution in [-0.2, 0) is 0 Å². The molecule has 0 aliphatic carbocycles. The molecule has 2 atom stereocenters. The summed E-state index contributed by atoms with van der Waals surface area (Å²) in [6.45, 7) is 1.87. The van der Waals surface area contributed by atoms with Crippen LogP contribution in [0.3, 0.4) is 0 Å². The first-order valence-corrected chi connectivity index (χ1v) is 5.91. The van der Waals surface area contributed by atoms with E-state index in [0.29, 0.717) is 5.56 Å². The van der Waals surface area contributed by atoms with Crippen molar-refractivity contribution in [1.82, 2.24) is 21.6 Å². The standard InChI is InChI=1S/C11H14N6O3/c1-7-10(13-11(18)16-14-7)15-12-6-8-2-4-9(5-3-8)17(19)20/h2-7,10,14-15H,1H3,(H2,13,16,18)/b12-6+. The lowest BCUT2D eigenvalue weighted by Gasteiger charge is -2.30. The number of nitrogens with zero attached hydrogens (tertiary/aromatic N) is 2. The van der Waals surface area contributed by atoms with E-state index in [-0.39, 0.29) is 23.9 Å². The van der Waals surface area contributed by atoms with Crippen molar-refractivity contribution in [2.45, 2.75) is 19.1 Å². The quantitative estimate of drug-likeness (QED) is 0.352. The fraction of sp³-hybridized carbons (Fsp3) is 0.273. The third-order valence-corrected chi connectivity index (χ3v) is 2.73. The van der Waals surface area contributed by atoms with Crippen LogP contribution in [0.15, 0.2) is 29.4 Å². The Morgan fingerprint density at radius 3 is 2.75 bits per heavy atom. The van der Waals surface area contributed by atoms with Gasteiger partial charge < -0.3 is 5.32 Å². The molecular formula is C11H14N6O3. The molecule has 9 heteroatoms. The van der Waals surface area contributed by atoms with Gasteiger partial charge in [-0.25, -0.2) is 10.2 Å². The van der Waals surface area contributed by atoms with Gasteiger partial charge in [0.1, 0.15) is 6.17 Å². The highest BCUT2D eigenvalue weighted by atomic mass is 16.6. The van der Waals surface area contributed by atoms with Crippen LogP contribution in [0.4, 0.5) is 10.5 Å². The predicted octanol–water partition coefficient (Wildman–Crippen LogP) is 0.0503. The third kappa shape index (κ3) is 3.42. The fourth-order valence-electron chi connectivity index (χ4n) is 1.58. The summed E-state index contributed by atoms with van der Waals surface area (Å²) in [5, 5.41) is 17.2. The van der Waals surface area contributed by atoms with Crippen molar-refractivity contribution in [1.29, 1.82) is 0 Å². The number of non-ortho nitro benzene ring substituents is 1. The van der Waals surface area contributed by atoms with Crippen molar-refractivity contribution in [2.75, 3.05) is 0 Å². The topological polar surface area (TPSA) is 121 Å². The number of nitro groups is 1. The number of rotatable bonds is 4. The number of carbonyl (C=O) groups is 1. The monoisotopic (exact) mass is 278 g/mol. The van der Waals surface area contributed by atoms with Crippen LogP contribution >= 0.6 is 0 Å². The second-order valence-corrected chi connectivity index (χ2v) is 4.25. The van der Waals surface area contributed by atoms with Crippen molar-refractivity contribution in [3.8, 4) is 0 Å². The van der Waals surface area contributed by atoms with Gasteiger partial charge in [-0.1, -0.05) is 0 Å². The Balaban J connectivity index is 1.92. The molecule has 2 amide bonds. The Bertz CT molecular complexity index is 529. The molecule has 0 aromatic heterocycles. The number of hydrogen-bond acceptors (Lipinski definition) is 6. The fourth-order valence-corrected chi connectivity index (χ4v) is 1.58. The maximum absolute atomic E-state index is 11.1. The van der Waals surface area contributed by atoms with Crippen LogP contribution in [0.25, 0.3) is 0 Å². The highest BCUT2D eigenvalue weighted by Crippen LogP contribution is 2.10. The van der Waals surface area contributed by atoms with Crippen LogP contribution in [0, 0.1) is 10.1 Å². The molecule has 1 fully saturated rings. The van der Waals surface area contributed by atoms with Crippen molar-refractivity contribution in [3.63, 3.8) is 0 Å². The van der Waals surface area contributed by atoms with Crippen LogP contribution in [-0.4, -0.2) is 29.4 Å². The van der Waals surface area contributed by atoms with Gasteiger partial charge in [0.25, 0.3) is 5.69 Å². The summed E-state index contributed by atoms with van der Waals surface area (Å²) in [4.78, 5) is 21.2. The Labute approximate surface area is 114 Å². The van der Waals surface area contributed by atoms with E-state index in [1.807, 2.05) is 6.92 Å². The minimum Gasteiger partial charge on any atom is -0.314 e. The normalized spacial score (nSPS) is 22.1. The molecule has 1 aliphatic rings. The largest absolute Gasteiger partial charge is 0.330 e. The molecule has 1 saturated heterocycles. The van der Waals surface area contributed by atoms with Crippen LogP contribution in [0.2, 0.25) is 0 Å². The van der Waals surface area contributed by atoms with Gasteiger partial charge in [-0.05, 0) is 24.6 Å². The van der Waals surface area contributed by atoms with Gasteiger partial charge in [0.15, 0.2) is 0 Å². The Kier molecular flexibility index (Phi) is 4.11. The summed E-state index contributed by atoms with van der Waals surface area (Å²) < 4.78 is 0. The predicted molar refractivity (Wildman–Crippen MR) is 71.9 cm³/mol. The number of nitrogens with one attached hydrogen (secondary N) is 4. The van der Waals surface area contributed by atoms with Gasteiger partial charge in [0.2, 0.25) is 0 Å². The van der Waals surface area contributed by atoms with E-state index in [4.69, 9.17) is 0 Å². The Morgan fingerprint density at radius 1 is 1.40 bits per heavy atom. The lowest BCUT2D eigenvalue weighted by molar-refractivity contribution is -0.384. The molecule has 20 heavy (non-hydrogen) atoms. The summed E-state index contributed by atoms with van der Waals surface area (Å²) in [6.07, 6.45) is 1.17. The van der Waals surface area contributed by atoms with Crippen molar-refractivity contribution in [3.05, 3.63) is 39.9 Å². The first kappa shape index (κ1) is 13.7. The lowest BCUT2D eigenvalue weighted by Crippen LogP contribution is -2.67. The van der Waals surface area contributed by atoms with Crippen molar-refractivity contribution in [2.24, 2.45) is 5.10 Å². The molecule has 2 rings (SSSR count). The van der Waals surface area contributed by atoms with E-state index in [0.717, 1.165) is 0 Å². The van der Waals surface area contributed by atoms with Crippen LogP contribution < -0.4 is 21.6 Å². The van der Waals surface area contributed by atoms with Crippen LogP contribution in [0.5, 0.6) is 0 Å². The lowest BCUT2D eigenvalue weighted by atomic mass is 10.2. The number of carbonyl (C=O) groups excluding carboxylic acids is 1. The second-order valence-electron chi connectivity index (χ2n) is 4.25. The minimum atomic E-state index is -0.461. The number of hydrazine groups is 1. The first-order chi connectivity index (χ1) is 9.56. The first-order valence-electron chi connectivity index (χ1n) is 5.91. The third-order valence-electron chi connectivity index (χ3n) is 2.73. The zero-order valence-electron chi connectivity index (χ0n) is 10.7. The van der Waals surface area contributed by atoms with Gasteiger partial charge in [0.05, 0.1) is 17.2 Å². The average molecular weight is 278 g/mol. The van der Waals surface area contributed by atoms with E-state index in [2.05, 4.69) is 26.7 Å². The summed E-state index contributed by atoms with van der Waals surface area (Å²) in [7, 11) is 0. The molecule has 9 nitrogen and oxygen atoms in total. The van der Waals surface area contributed by atoms with Gasteiger partial charge in [-0.15, -0.1) is 0 Å². The average Bonchev–Trinajstić information content (AvgIpc) is 2.43. The molecular weight excluding hydrogens is 264 g/mol. The molecule has 1 aliphatic heterocycles. The smallest absolute Gasteiger partial charge is 0.314 e. The molecule has 0 saturated carbocycles. The van der Waals surface area contributed by atoms with Crippen LogP contribution in [0.1, 0.15) is 12.5 Å². The van der Waals surface area contributed by atoms with E-state index < -0.39 is 4.92 Å². The Hall–Kier alpha value is -2.68. The highest BCUT2D eigenvalue weighted by Gasteiger charge is 2.23. The number of benzene rings is 1. The number of urea groups is 1. The van der Waals surface area contributed by atoms with Gasteiger partial charge in [-0.2, -0.15) is 5.10 Å². The van der Waals surface area contributed by atoms with Gasteiger partial charge in [0, 0.05) is 12.1 Å². The number of nitro benzene ring substituents is 1. The van der Waals surface area contributed by atoms with Crippen molar-refractivity contribution < 1.29 is 9.72 Å². The van der Waals surface area contributed by atoms with E-state index in [1.54, 1.807) is 12.1 Å². The van der Waals surface area contributed by atoms with Crippen molar-refractivity contribution >= 4 is 17.9 Å². The minimum absolute atomic E-state index is 0.0264. The van der Waals surface area contributed by atoms with E-state index >= 15 is 0 Å². The maximum Gasteiger partial charge on any atom is 0.330 e. The van der Waals surface area contributed by atoms with E-state index in [9.17, 15) is 14.9 Å². The molecule has 1 aromatic rings. The molecule has 1 heterocycles. The SMILES string of the molecule is CC1NNC(=O)NC1N/N=C/c1ccc([N+](=O)[O-])cc1. The zero-order valence-corrected chi connectivity index (χ0v) is 10.7. The molecule has 4 N–H and O–H groups in total.